The topological polar surface area (TPSA) is 61.6 Å². The van der Waals surface area contributed by atoms with Gasteiger partial charge in [0.2, 0.25) is 0 Å². The molecule has 6 nitrogen and oxygen atoms in total. The second-order valence-electron chi connectivity index (χ2n) is 9.15. The molecule has 5 heterocycles. The SMILES string of the molecule is O=C(N[C@@H]1C2CN3CCN(C2)CC1(c1ccccc1)C3)c1conc1-c1ccccc1. The number of benzene rings is 2. The van der Waals surface area contributed by atoms with Gasteiger partial charge in [0, 0.05) is 62.2 Å². The summed E-state index contributed by atoms with van der Waals surface area (Å²) in [5.41, 5.74) is 3.19. The maximum atomic E-state index is 13.5. The van der Waals surface area contributed by atoms with Gasteiger partial charge in [-0.3, -0.25) is 4.79 Å². The van der Waals surface area contributed by atoms with Gasteiger partial charge in [-0.2, -0.15) is 0 Å². The average molecular weight is 415 g/mol. The van der Waals surface area contributed by atoms with E-state index in [1.54, 1.807) is 0 Å². The molecule has 4 bridgehead atoms. The van der Waals surface area contributed by atoms with Crippen LogP contribution in [0.2, 0.25) is 0 Å². The largest absolute Gasteiger partial charge is 0.363 e. The summed E-state index contributed by atoms with van der Waals surface area (Å²) < 4.78 is 5.23. The molecule has 1 amide bonds. The van der Waals surface area contributed by atoms with Crippen molar-refractivity contribution in [3.8, 4) is 11.3 Å². The van der Waals surface area contributed by atoms with Crippen molar-refractivity contribution in [2.45, 2.75) is 11.5 Å². The molecule has 4 aliphatic rings. The fourth-order valence-electron chi connectivity index (χ4n) is 5.99. The Morgan fingerprint density at radius 1 is 0.968 bits per heavy atom. The zero-order valence-corrected chi connectivity index (χ0v) is 17.4. The number of nitrogens with zero attached hydrogens (tertiary/aromatic N) is 3. The number of hydrogen-bond donors (Lipinski definition) is 1. The number of rotatable bonds is 4. The minimum absolute atomic E-state index is 0.0755. The van der Waals surface area contributed by atoms with E-state index >= 15 is 0 Å². The molecule has 1 N–H and O–H groups in total. The van der Waals surface area contributed by atoms with Crippen molar-refractivity contribution in [2.24, 2.45) is 5.92 Å². The number of fused-ring (bicyclic) bond motifs is 1. The third-order valence-electron chi connectivity index (χ3n) is 7.29. The summed E-state index contributed by atoms with van der Waals surface area (Å²) in [6.07, 6.45) is 1.47. The first-order chi connectivity index (χ1) is 15.2. The highest BCUT2D eigenvalue weighted by atomic mass is 16.5. The van der Waals surface area contributed by atoms with Crippen LogP contribution in [0.4, 0.5) is 0 Å². The van der Waals surface area contributed by atoms with Gasteiger partial charge in [0.05, 0.1) is 0 Å². The molecule has 31 heavy (non-hydrogen) atoms. The number of nitrogens with one attached hydrogen (secondary N) is 1. The molecule has 3 aromatic rings. The van der Waals surface area contributed by atoms with Crippen LogP contribution in [0.1, 0.15) is 15.9 Å². The third-order valence-corrected chi connectivity index (χ3v) is 7.29. The molecule has 7 rings (SSSR count). The standard InChI is InChI=1S/C25H26N4O2/c30-24(21-15-31-27-22(21)18-7-3-1-4-8-18)26-23-19-13-28-11-12-29(14-19)17-25(23,16-28)20-9-5-2-6-10-20/h1-10,15,19,23H,11-14,16-17H2,(H,26,30)/t19?,23-,25?/m1/s1. The first-order valence-electron chi connectivity index (χ1n) is 11.0. The van der Waals surface area contributed by atoms with E-state index in [1.165, 1.54) is 11.8 Å². The van der Waals surface area contributed by atoms with Gasteiger partial charge >= 0.3 is 0 Å². The Labute approximate surface area is 181 Å². The Bertz CT molecular complexity index is 1070. The van der Waals surface area contributed by atoms with Crippen LogP contribution in [0.3, 0.4) is 0 Å². The van der Waals surface area contributed by atoms with Gasteiger partial charge < -0.3 is 19.6 Å². The van der Waals surface area contributed by atoms with E-state index in [0.29, 0.717) is 17.2 Å². The van der Waals surface area contributed by atoms with Crippen molar-refractivity contribution < 1.29 is 9.32 Å². The molecule has 4 aliphatic heterocycles. The van der Waals surface area contributed by atoms with E-state index in [0.717, 1.165) is 44.8 Å². The van der Waals surface area contributed by atoms with Gasteiger partial charge in [0.15, 0.2) is 0 Å². The quantitative estimate of drug-likeness (QED) is 0.711. The average Bonchev–Trinajstić information content (AvgIpc) is 3.17. The highest BCUT2D eigenvalue weighted by molar-refractivity contribution is 5.99. The van der Waals surface area contributed by atoms with Crippen LogP contribution in [-0.4, -0.2) is 66.2 Å². The predicted molar refractivity (Wildman–Crippen MR) is 118 cm³/mol. The van der Waals surface area contributed by atoms with Crippen LogP contribution >= 0.6 is 0 Å². The molecule has 0 aliphatic carbocycles. The van der Waals surface area contributed by atoms with E-state index < -0.39 is 0 Å². The summed E-state index contributed by atoms with van der Waals surface area (Å²) in [5.74, 6) is 0.297. The van der Waals surface area contributed by atoms with Gasteiger partial charge in [-0.1, -0.05) is 65.8 Å². The van der Waals surface area contributed by atoms with Crippen molar-refractivity contribution in [1.29, 1.82) is 0 Å². The Morgan fingerprint density at radius 2 is 1.61 bits per heavy atom. The lowest BCUT2D eigenvalue weighted by Crippen LogP contribution is -2.70. The zero-order chi connectivity index (χ0) is 20.8. The number of carbonyl (C=O) groups excluding carboxylic acids is 1. The molecule has 3 atom stereocenters. The minimum atomic E-state index is -0.112. The fraction of sp³-hybridized carbons (Fsp3) is 0.360. The molecule has 2 aromatic carbocycles. The molecular weight excluding hydrogens is 388 g/mol. The molecule has 1 aromatic heterocycles. The summed E-state index contributed by atoms with van der Waals surface area (Å²) in [6, 6.07) is 20.6. The lowest BCUT2D eigenvalue weighted by atomic mass is 9.64. The zero-order valence-electron chi connectivity index (χ0n) is 17.4. The first-order valence-corrected chi connectivity index (χ1v) is 11.0. The number of aromatic nitrogens is 1. The molecule has 0 spiro atoms. The molecular formula is C25H26N4O2. The molecule has 6 heteroatoms. The lowest BCUT2D eigenvalue weighted by Gasteiger charge is -2.55. The lowest BCUT2D eigenvalue weighted by molar-refractivity contribution is 0.0180. The van der Waals surface area contributed by atoms with Crippen LogP contribution in [0, 0.1) is 5.92 Å². The Kier molecular flexibility index (Phi) is 4.44. The number of piperidine rings is 2. The van der Waals surface area contributed by atoms with Gasteiger partial charge in [0.25, 0.3) is 5.91 Å². The van der Waals surface area contributed by atoms with Gasteiger partial charge in [-0.15, -0.1) is 0 Å². The summed E-state index contributed by atoms with van der Waals surface area (Å²) in [7, 11) is 0. The Morgan fingerprint density at radius 3 is 2.29 bits per heavy atom. The van der Waals surface area contributed by atoms with E-state index in [9.17, 15) is 4.79 Å². The maximum Gasteiger partial charge on any atom is 0.257 e. The maximum absolute atomic E-state index is 13.5. The Balaban J connectivity index is 1.37. The highest BCUT2D eigenvalue weighted by Crippen LogP contribution is 2.43. The van der Waals surface area contributed by atoms with Crippen molar-refractivity contribution in [3.05, 3.63) is 78.1 Å². The van der Waals surface area contributed by atoms with Gasteiger partial charge in [-0.05, 0) is 5.56 Å². The van der Waals surface area contributed by atoms with Crippen LogP contribution < -0.4 is 5.32 Å². The highest BCUT2D eigenvalue weighted by Gasteiger charge is 2.55. The molecule has 4 saturated heterocycles. The van der Waals surface area contributed by atoms with E-state index in [2.05, 4.69) is 50.6 Å². The number of amides is 1. The minimum Gasteiger partial charge on any atom is -0.363 e. The smallest absolute Gasteiger partial charge is 0.257 e. The molecule has 0 radical (unpaired) electrons. The van der Waals surface area contributed by atoms with Crippen LogP contribution in [0.5, 0.6) is 0 Å². The van der Waals surface area contributed by atoms with Gasteiger partial charge in [-0.25, -0.2) is 0 Å². The summed E-state index contributed by atoms with van der Waals surface area (Å²) in [6.45, 7) is 6.23. The van der Waals surface area contributed by atoms with E-state index in [-0.39, 0.29) is 17.4 Å². The monoisotopic (exact) mass is 414 g/mol. The molecule has 4 fully saturated rings. The normalized spacial score (nSPS) is 31.4. The molecule has 2 unspecified atom stereocenters. The van der Waals surface area contributed by atoms with E-state index in [1.807, 2.05) is 30.3 Å². The van der Waals surface area contributed by atoms with Crippen molar-refractivity contribution >= 4 is 5.91 Å². The predicted octanol–water partition coefficient (Wildman–Crippen LogP) is 2.64. The van der Waals surface area contributed by atoms with Crippen LogP contribution in [0.15, 0.2) is 71.4 Å². The molecule has 158 valence electrons. The summed E-state index contributed by atoms with van der Waals surface area (Å²) in [5, 5.41) is 7.58. The fourth-order valence-corrected chi connectivity index (χ4v) is 5.99. The third kappa shape index (κ3) is 3.09. The van der Waals surface area contributed by atoms with Crippen LogP contribution in [-0.2, 0) is 5.41 Å². The second-order valence-corrected chi connectivity index (χ2v) is 9.15. The van der Waals surface area contributed by atoms with Crippen molar-refractivity contribution in [3.63, 3.8) is 0 Å². The second kappa shape index (κ2) is 7.32. The summed E-state index contributed by atoms with van der Waals surface area (Å²) >= 11 is 0. The van der Waals surface area contributed by atoms with Crippen molar-refractivity contribution in [1.82, 2.24) is 20.3 Å². The Hall–Kier alpha value is -2.96. The summed E-state index contributed by atoms with van der Waals surface area (Å²) in [4.78, 5) is 18.7. The van der Waals surface area contributed by atoms with Gasteiger partial charge in [0.1, 0.15) is 17.5 Å². The molecule has 0 saturated carbocycles. The number of hydrogen-bond acceptors (Lipinski definition) is 5. The van der Waals surface area contributed by atoms with E-state index in [4.69, 9.17) is 4.52 Å². The van der Waals surface area contributed by atoms with Crippen LogP contribution in [0.25, 0.3) is 11.3 Å². The number of carbonyl (C=O) groups is 1. The van der Waals surface area contributed by atoms with Crippen molar-refractivity contribution in [2.75, 3.05) is 39.3 Å². The first kappa shape index (κ1) is 18.8.